The zero-order valence-corrected chi connectivity index (χ0v) is 8.13. The molecule has 0 N–H and O–H groups in total. The van der Waals surface area contributed by atoms with E-state index in [4.69, 9.17) is 3.76 Å². The van der Waals surface area contributed by atoms with Crippen molar-refractivity contribution in [1.29, 1.82) is 0 Å². The normalized spacial score (nSPS) is 10.5. The quantitative estimate of drug-likeness (QED) is 0.470. The van der Waals surface area contributed by atoms with Crippen LogP contribution in [0.3, 0.4) is 0 Å². The number of hydrogen-bond donors (Lipinski definition) is 0. The predicted octanol–water partition coefficient (Wildman–Crippen LogP) is 2.05. The molecule has 0 rings (SSSR count). The Morgan fingerprint density at radius 3 is 2.38 bits per heavy atom. The summed E-state index contributed by atoms with van der Waals surface area (Å²) in [6, 6.07) is 0. The molecule has 49 valence electrons. The molecule has 8 heavy (non-hydrogen) atoms. The molecule has 1 radical (unpaired) electrons. The van der Waals surface area contributed by atoms with Crippen LogP contribution in [-0.2, 0) is 3.76 Å². The molecule has 0 aromatic rings. The van der Waals surface area contributed by atoms with Crippen LogP contribution in [-0.4, -0.2) is 21.3 Å². The fourth-order valence-electron chi connectivity index (χ4n) is 0.421. The van der Waals surface area contributed by atoms with Crippen LogP contribution < -0.4 is 0 Å². The maximum absolute atomic E-state index is 5.45. The van der Waals surface area contributed by atoms with Crippen LogP contribution in [0.15, 0.2) is 0 Å². The van der Waals surface area contributed by atoms with Crippen molar-refractivity contribution in [2.45, 2.75) is 31.3 Å². The fourth-order valence-corrected chi connectivity index (χ4v) is 1.58. The Balaban J connectivity index is 2.72. The number of hydrogen-bond acceptors (Lipinski definition) is 1. The molecule has 0 aliphatic carbocycles. The first-order valence-electron chi connectivity index (χ1n) is 3.20. The maximum atomic E-state index is 5.45. The van der Waals surface area contributed by atoms with Crippen LogP contribution in [0.4, 0.5) is 0 Å². The Kier molecular flexibility index (Phi) is 5.99. The third-order valence-electron chi connectivity index (χ3n) is 0.889. The van der Waals surface area contributed by atoms with Crippen LogP contribution in [0.2, 0.25) is 11.5 Å². The van der Waals surface area contributed by atoms with Crippen molar-refractivity contribution in [2.75, 3.05) is 6.61 Å². The molecule has 0 saturated heterocycles. The summed E-state index contributed by atoms with van der Waals surface area (Å²) in [5.41, 5.74) is 0. The first-order chi connectivity index (χ1) is 3.77. The van der Waals surface area contributed by atoms with Crippen LogP contribution in [0.25, 0.3) is 0 Å². The molecule has 2 heteroatoms. The summed E-state index contributed by atoms with van der Waals surface area (Å²) in [6.45, 7) is 3.19. The van der Waals surface area contributed by atoms with E-state index in [9.17, 15) is 0 Å². The summed E-state index contributed by atoms with van der Waals surface area (Å²) in [6.07, 6.45) is 2.49. The summed E-state index contributed by atoms with van der Waals surface area (Å²) in [7, 11) is 0. The minimum absolute atomic E-state index is 0.923. The van der Waals surface area contributed by atoms with E-state index in [1.807, 2.05) is 0 Å². The molecule has 0 fully saturated rings. The van der Waals surface area contributed by atoms with E-state index < -0.39 is 14.7 Å². The zero-order valence-electron chi connectivity index (χ0n) is 6.03. The summed E-state index contributed by atoms with van der Waals surface area (Å²) < 4.78 is 5.45. The molecule has 0 saturated carbocycles. The van der Waals surface area contributed by atoms with Crippen molar-refractivity contribution in [3.63, 3.8) is 0 Å². The summed E-state index contributed by atoms with van der Waals surface area (Å²) in [4.78, 5) is 0. The molecule has 0 aromatic carbocycles. The minimum atomic E-state index is -0.923. The molecule has 0 bridgehead atoms. The average Bonchev–Trinajstić information content (AvgIpc) is 1.66. The third-order valence-corrected chi connectivity index (χ3v) is 2.53. The second kappa shape index (κ2) is 5.64. The van der Waals surface area contributed by atoms with Crippen molar-refractivity contribution in [1.82, 2.24) is 0 Å². The van der Waals surface area contributed by atoms with Gasteiger partial charge in [0.05, 0.1) is 0 Å². The Bertz CT molecular complexity index is 45.8. The Morgan fingerprint density at radius 1 is 1.38 bits per heavy atom. The van der Waals surface area contributed by atoms with Crippen molar-refractivity contribution >= 4 is 14.7 Å². The van der Waals surface area contributed by atoms with Gasteiger partial charge >= 0.3 is 56.3 Å². The topological polar surface area (TPSA) is 9.23 Å². The molecule has 1 nitrogen and oxygen atoms in total. The number of rotatable bonds is 4. The van der Waals surface area contributed by atoms with E-state index >= 15 is 0 Å². The standard InChI is InChI=1S/C6H15GeO/c1-4-5-6-8-7(2)3/h4-6H2,1-3H3. The van der Waals surface area contributed by atoms with Gasteiger partial charge in [0.1, 0.15) is 0 Å². The Hall–Kier alpha value is 0.503. The predicted molar refractivity (Wildman–Crippen MR) is 38.3 cm³/mol. The fraction of sp³-hybridized carbons (Fsp3) is 1.00. The zero-order chi connectivity index (χ0) is 6.41. The van der Waals surface area contributed by atoms with E-state index in [0.717, 1.165) is 6.61 Å². The van der Waals surface area contributed by atoms with Crippen LogP contribution in [0, 0.1) is 0 Å². The second-order valence-corrected chi connectivity index (χ2v) is 6.53. The molecular formula is C6H15GeO. The molecule has 0 aliphatic rings. The van der Waals surface area contributed by atoms with Gasteiger partial charge in [0, 0.05) is 0 Å². The van der Waals surface area contributed by atoms with E-state index in [-0.39, 0.29) is 0 Å². The van der Waals surface area contributed by atoms with E-state index in [1.54, 1.807) is 0 Å². The van der Waals surface area contributed by atoms with Gasteiger partial charge in [-0.15, -0.1) is 0 Å². The van der Waals surface area contributed by atoms with Crippen molar-refractivity contribution in [2.24, 2.45) is 0 Å². The van der Waals surface area contributed by atoms with Gasteiger partial charge in [0.2, 0.25) is 0 Å². The Morgan fingerprint density at radius 2 is 2.00 bits per heavy atom. The molecule has 0 aliphatic heterocycles. The molecule has 0 amide bonds. The second-order valence-electron chi connectivity index (χ2n) is 2.11. The van der Waals surface area contributed by atoms with Crippen LogP contribution >= 0.6 is 0 Å². The van der Waals surface area contributed by atoms with E-state index in [2.05, 4.69) is 18.4 Å². The number of unbranched alkanes of at least 4 members (excludes halogenated alkanes) is 1. The first kappa shape index (κ1) is 8.50. The van der Waals surface area contributed by atoms with Crippen molar-refractivity contribution < 1.29 is 3.76 Å². The van der Waals surface area contributed by atoms with Gasteiger partial charge < -0.3 is 0 Å². The average molecular weight is 176 g/mol. The van der Waals surface area contributed by atoms with Crippen molar-refractivity contribution in [3.05, 3.63) is 0 Å². The molecule has 0 unspecified atom stereocenters. The third kappa shape index (κ3) is 6.50. The van der Waals surface area contributed by atoms with Gasteiger partial charge in [-0.1, -0.05) is 0 Å². The van der Waals surface area contributed by atoms with Gasteiger partial charge in [0.15, 0.2) is 0 Å². The molecule has 0 aromatic heterocycles. The van der Waals surface area contributed by atoms with E-state index in [1.165, 1.54) is 12.8 Å². The molecule has 0 heterocycles. The van der Waals surface area contributed by atoms with Gasteiger partial charge in [-0.3, -0.25) is 0 Å². The van der Waals surface area contributed by atoms with Crippen LogP contribution in [0.1, 0.15) is 19.8 Å². The molecular weight excluding hydrogens is 161 g/mol. The summed E-state index contributed by atoms with van der Waals surface area (Å²) >= 11 is -0.923. The van der Waals surface area contributed by atoms with Gasteiger partial charge in [-0.05, 0) is 0 Å². The van der Waals surface area contributed by atoms with E-state index in [0.29, 0.717) is 0 Å². The SMILES string of the molecule is CCCC[O][Ge]([CH3])[CH3]. The Labute approximate surface area is 56.9 Å². The van der Waals surface area contributed by atoms with Gasteiger partial charge in [-0.25, -0.2) is 0 Å². The molecule has 0 spiro atoms. The monoisotopic (exact) mass is 177 g/mol. The summed E-state index contributed by atoms with van der Waals surface area (Å²) in [5, 5.41) is 0. The van der Waals surface area contributed by atoms with Crippen LogP contribution in [0.5, 0.6) is 0 Å². The summed E-state index contributed by atoms with van der Waals surface area (Å²) in [5.74, 6) is 4.46. The molecule has 0 atom stereocenters. The van der Waals surface area contributed by atoms with Crippen molar-refractivity contribution in [3.8, 4) is 0 Å². The van der Waals surface area contributed by atoms with Gasteiger partial charge in [0.25, 0.3) is 0 Å². The van der Waals surface area contributed by atoms with Gasteiger partial charge in [-0.2, -0.15) is 0 Å². The first-order valence-corrected chi connectivity index (χ1v) is 8.25.